The molecule has 100 valence electrons. The molecule has 1 fully saturated rings. The predicted octanol–water partition coefficient (Wildman–Crippen LogP) is 2.11. The van der Waals surface area contributed by atoms with Crippen molar-refractivity contribution < 1.29 is 4.79 Å². The molecule has 0 aliphatic carbocycles. The molecule has 2 N–H and O–H groups in total. The van der Waals surface area contributed by atoms with Crippen molar-refractivity contribution in [3.8, 4) is 0 Å². The molecule has 1 aromatic heterocycles. The molecule has 0 unspecified atom stereocenters. The van der Waals surface area contributed by atoms with Gasteiger partial charge in [0.25, 0.3) is 5.91 Å². The molecule has 0 spiro atoms. The Kier molecular flexibility index (Phi) is 4.35. The van der Waals surface area contributed by atoms with Crippen molar-refractivity contribution in [2.45, 2.75) is 33.2 Å². The highest BCUT2D eigenvalue weighted by Crippen LogP contribution is 2.25. The Hall–Kier alpha value is -0.940. The second-order valence-corrected chi connectivity index (χ2v) is 6.15. The van der Waals surface area contributed by atoms with Gasteiger partial charge in [-0.1, -0.05) is 13.8 Å². The number of hydrogen-bond acceptors (Lipinski definition) is 4. The second-order valence-electron chi connectivity index (χ2n) is 5.20. The highest BCUT2D eigenvalue weighted by Gasteiger charge is 2.26. The highest BCUT2D eigenvalue weighted by molar-refractivity contribution is 7.09. The zero-order valence-electron chi connectivity index (χ0n) is 11.1. The van der Waals surface area contributed by atoms with E-state index >= 15 is 0 Å². The average Bonchev–Trinajstić information content (AvgIpc) is 2.86. The van der Waals surface area contributed by atoms with E-state index in [1.165, 1.54) is 11.3 Å². The Morgan fingerprint density at radius 1 is 1.56 bits per heavy atom. The Labute approximate surface area is 112 Å². The maximum absolute atomic E-state index is 12.2. The lowest BCUT2D eigenvalue weighted by molar-refractivity contribution is 0.0662. The van der Waals surface area contributed by atoms with Crippen molar-refractivity contribution >= 4 is 17.2 Å². The van der Waals surface area contributed by atoms with E-state index < -0.39 is 0 Å². The average molecular weight is 267 g/mol. The van der Waals surface area contributed by atoms with Crippen LogP contribution in [0.4, 0.5) is 0 Å². The minimum atomic E-state index is 0.0631. The van der Waals surface area contributed by atoms with Crippen LogP contribution in [0.2, 0.25) is 0 Å². The van der Waals surface area contributed by atoms with Gasteiger partial charge in [-0.05, 0) is 24.7 Å². The summed E-state index contributed by atoms with van der Waals surface area (Å²) in [5.74, 6) is 1.53. The number of piperidine rings is 1. The minimum absolute atomic E-state index is 0.0631. The minimum Gasteiger partial charge on any atom is -0.337 e. The van der Waals surface area contributed by atoms with E-state index in [1.807, 2.05) is 10.3 Å². The maximum Gasteiger partial charge on any atom is 0.273 e. The predicted molar refractivity (Wildman–Crippen MR) is 73.5 cm³/mol. The molecule has 0 bridgehead atoms. The molecule has 18 heavy (non-hydrogen) atoms. The van der Waals surface area contributed by atoms with Crippen LogP contribution >= 0.6 is 11.3 Å². The molecule has 2 heterocycles. The summed E-state index contributed by atoms with van der Waals surface area (Å²) in [4.78, 5) is 18.4. The fourth-order valence-electron chi connectivity index (χ4n) is 2.43. The highest BCUT2D eigenvalue weighted by atomic mass is 32.1. The van der Waals surface area contributed by atoms with Crippen molar-refractivity contribution in [3.63, 3.8) is 0 Å². The molecule has 2 rings (SSSR count). The van der Waals surface area contributed by atoms with Crippen LogP contribution in [0, 0.1) is 11.8 Å². The van der Waals surface area contributed by atoms with Gasteiger partial charge in [0.2, 0.25) is 0 Å². The fraction of sp³-hybridized carbons (Fsp3) is 0.692. The SMILES string of the molecule is CC(C)C1CCN(C(=O)c2csc(CN)n2)CC1. The van der Waals surface area contributed by atoms with E-state index in [1.54, 1.807) is 0 Å². The first kappa shape index (κ1) is 13.5. The molecule has 0 saturated carbocycles. The van der Waals surface area contributed by atoms with Gasteiger partial charge >= 0.3 is 0 Å². The molecule has 5 heteroatoms. The largest absolute Gasteiger partial charge is 0.337 e. The maximum atomic E-state index is 12.2. The molecule has 1 saturated heterocycles. The van der Waals surface area contributed by atoms with Gasteiger partial charge in [0.1, 0.15) is 10.7 Å². The Morgan fingerprint density at radius 2 is 2.22 bits per heavy atom. The van der Waals surface area contributed by atoms with Gasteiger partial charge in [-0.3, -0.25) is 4.79 Å². The van der Waals surface area contributed by atoms with E-state index in [0.717, 1.165) is 36.9 Å². The van der Waals surface area contributed by atoms with Gasteiger partial charge in [0, 0.05) is 25.0 Å². The van der Waals surface area contributed by atoms with Crippen LogP contribution in [0.25, 0.3) is 0 Å². The number of aromatic nitrogens is 1. The first-order chi connectivity index (χ1) is 8.61. The molecular formula is C13H21N3OS. The lowest BCUT2D eigenvalue weighted by Gasteiger charge is -2.33. The lowest BCUT2D eigenvalue weighted by Crippen LogP contribution is -2.39. The van der Waals surface area contributed by atoms with Crippen molar-refractivity contribution in [1.82, 2.24) is 9.88 Å². The summed E-state index contributed by atoms with van der Waals surface area (Å²) in [6, 6.07) is 0. The number of nitrogens with zero attached hydrogens (tertiary/aromatic N) is 2. The van der Waals surface area contributed by atoms with E-state index in [4.69, 9.17) is 5.73 Å². The summed E-state index contributed by atoms with van der Waals surface area (Å²) < 4.78 is 0. The second kappa shape index (κ2) is 5.80. The molecule has 0 aromatic carbocycles. The third kappa shape index (κ3) is 2.90. The Bertz CT molecular complexity index is 408. The number of amides is 1. The number of rotatable bonds is 3. The Balaban J connectivity index is 1.95. The lowest BCUT2D eigenvalue weighted by atomic mass is 9.87. The van der Waals surface area contributed by atoms with Gasteiger partial charge in [-0.25, -0.2) is 4.98 Å². The quantitative estimate of drug-likeness (QED) is 0.912. The number of carbonyl (C=O) groups excluding carboxylic acids is 1. The molecule has 0 atom stereocenters. The fourth-order valence-corrected chi connectivity index (χ4v) is 3.08. The summed E-state index contributed by atoms with van der Waals surface area (Å²) in [5, 5.41) is 2.65. The first-order valence-electron chi connectivity index (χ1n) is 6.55. The monoisotopic (exact) mass is 267 g/mol. The van der Waals surface area contributed by atoms with Crippen LogP contribution in [0.5, 0.6) is 0 Å². The van der Waals surface area contributed by atoms with Gasteiger partial charge in [-0.15, -0.1) is 11.3 Å². The first-order valence-corrected chi connectivity index (χ1v) is 7.43. The van der Waals surface area contributed by atoms with Gasteiger partial charge in [0.05, 0.1) is 0 Å². The number of carbonyl (C=O) groups is 1. The van der Waals surface area contributed by atoms with Crippen LogP contribution < -0.4 is 5.73 Å². The summed E-state index contributed by atoms with van der Waals surface area (Å²) in [7, 11) is 0. The third-order valence-electron chi connectivity index (χ3n) is 3.72. The van der Waals surface area contributed by atoms with E-state index in [9.17, 15) is 4.79 Å². The summed E-state index contributed by atoms with van der Waals surface area (Å²) in [6.07, 6.45) is 2.22. The summed E-state index contributed by atoms with van der Waals surface area (Å²) in [5.41, 5.74) is 6.07. The zero-order valence-corrected chi connectivity index (χ0v) is 11.9. The number of likely N-dealkylation sites (tertiary alicyclic amines) is 1. The Morgan fingerprint density at radius 3 is 2.72 bits per heavy atom. The van der Waals surface area contributed by atoms with Crippen molar-refractivity contribution in [1.29, 1.82) is 0 Å². The molecule has 1 aliphatic rings. The summed E-state index contributed by atoms with van der Waals surface area (Å²) >= 11 is 1.46. The molecule has 4 nitrogen and oxygen atoms in total. The number of thiazole rings is 1. The van der Waals surface area contributed by atoms with E-state index in [-0.39, 0.29) is 5.91 Å². The van der Waals surface area contributed by atoms with Gasteiger partial charge in [-0.2, -0.15) is 0 Å². The van der Waals surface area contributed by atoms with Crippen molar-refractivity contribution in [3.05, 3.63) is 16.1 Å². The van der Waals surface area contributed by atoms with E-state index in [2.05, 4.69) is 18.8 Å². The number of nitrogens with two attached hydrogens (primary N) is 1. The van der Waals surface area contributed by atoms with E-state index in [0.29, 0.717) is 18.2 Å². The number of hydrogen-bond donors (Lipinski definition) is 1. The topological polar surface area (TPSA) is 59.2 Å². The molecule has 1 aliphatic heterocycles. The smallest absolute Gasteiger partial charge is 0.273 e. The van der Waals surface area contributed by atoms with Crippen molar-refractivity contribution in [2.75, 3.05) is 13.1 Å². The van der Waals surface area contributed by atoms with Crippen LogP contribution in [0.15, 0.2) is 5.38 Å². The van der Waals surface area contributed by atoms with Crippen LogP contribution in [-0.4, -0.2) is 28.9 Å². The van der Waals surface area contributed by atoms with Crippen LogP contribution in [0.1, 0.15) is 42.2 Å². The normalized spacial score (nSPS) is 17.4. The van der Waals surface area contributed by atoms with Crippen molar-refractivity contribution in [2.24, 2.45) is 17.6 Å². The van der Waals surface area contributed by atoms with Gasteiger partial charge < -0.3 is 10.6 Å². The van der Waals surface area contributed by atoms with Crippen LogP contribution in [-0.2, 0) is 6.54 Å². The molecular weight excluding hydrogens is 246 g/mol. The van der Waals surface area contributed by atoms with Crippen LogP contribution in [0.3, 0.4) is 0 Å². The molecule has 1 aromatic rings. The summed E-state index contributed by atoms with van der Waals surface area (Å²) in [6.45, 7) is 6.65. The molecule has 0 radical (unpaired) electrons. The third-order valence-corrected chi connectivity index (χ3v) is 4.59. The zero-order chi connectivity index (χ0) is 13.1. The molecule has 1 amide bonds. The van der Waals surface area contributed by atoms with Gasteiger partial charge in [0.15, 0.2) is 0 Å². The standard InChI is InChI=1S/C13H21N3OS/c1-9(2)10-3-5-16(6-4-10)13(17)11-8-18-12(7-14)15-11/h8-10H,3-7,14H2,1-2H3.